The average molecular weight is 409 g/mol. The molecule has 144 valence electrons. The standard InChI is InChI=1S/C14H28O8Si3/c1-3-20-25(21-23-24-22-25)10-6-9-19-14(17)12(2)7-4-5-8-18-11-13(15)16/h12-13,15-16H,3-11H2,1-2H3. The highest BCUT2D eigenvalue weighted by atomic mass is 29.2. The van der Waals surface area contributed by atoms with E-state index >= 15 is 0 Å². The van der Waals surface area contributed by atoms with Crippen molar-refractivity contribution in [2.24, 2.45) is 5.92 Å². The molecule has 0 aromatic carbocycles. The minimum Gasteiger partial charge on any atom is -0.465 e. The molecule has 1 heterocycles. The van der Waals surface area contributed by atoms with Crippen LogP contribution >= 0.6 is 0 Å². The van der Waals surface area contributed by atoms with Crippen LogP contribution in [0.4, 0.5) is 0 Å². The molecule has 1 saturated heterocycles. The second-order valence-corrected chi connectivity index (χ2v) is 11.2. The lowest BCUT2D eigenvalue weighted by Gasteiger charge is -2.23. The number of carbonyl (C=O) groups excluding carboxylic acids is 1. The van der Waals surface area contributed by atoms with Gasteiger partial charge in [-0.3, -0.25) is 4.79 Å². The number of carbonyl (C=O) groups is 1. The Bertz CT molecular complexity index is 366. The number of hydrogen-bond donors (Lipinski definition) is 2. The predicted octanol–water partition coefficient (Wildman–Crippen LogP) is 0.229. The van der Waals surface area contributed by atoms with Crippen molar-refractivity contribution >= 4 is 33.3 Å². The molecule has 0 aliphatic carbocycles. The first-order valence-corrected chi connectivity index (χ1v) is 13.3. The normalized spacial score (nSPS) is 17.8. The van der Waals surface area contributed by atoms with E-state index in [9.17, 15) is 4.79 Å². The van der Waals surface area contributed by atoms with E-state index in [4.69, 9.17) is 32.3 Å². The lowest BCUT2D eigenvalue weighted by Crippen LogP contribution is -2.41. The summed E-state index contributed by atoms with van der Waals surface area (Å²) in [5.74, 6) is -0.362. The summed E-state index contributed by atoms with van der Waals surface area (Å²) in [5.41, 5.74) is 0. The molecule has 25 heavy (non-hydrogen) atoms. The van der Waals surface area contributed by atoms with E-state index in [2.05, 4.69) is 0 Å². The van der Waals surface area contributed by atoms with Crippen LogP contribution in [-0.2, 0) is 26.9 Å². The highest BCUT2D eigenvalue weighted by molar-refractivity contribution is 7.03. The molecular formula is C14H28O8Si3. The van der Waals surface area contributed by atoms with Crippen LogP contribution in [0.25, 0.3) is 0 Å². The Labute approximate surface area is 155 Å². The van der Waals surface area contributed by atoms with E-state index in [1.807, 2.05) is 13.8 Å². The van der Waals surface area contributed by atoms with Gasteiger partial charge in [0, 0.05) is 19.3 Å². The second-order valence-electron chi connectivity index (χ2n) is 5.75. The largest absolute Gasteiger partial charge is 0.479 e. The zero-order valence-corrected chi connectivity index (χ0v) is 17.9. The Morgan fingerprint density at radius 3 is 2.52 bits per heavy atom. The van der Waals surface area contributed by atoms with E-state index in [1.165, 1.54) is 0 Å². The van der Waals surface area contributed by atoms with E-state index in [1.54, 1.807) is 0 Å². The molecule has 1 fully saturated rings. The van der Waals surface area contributed by atoms with Gasteiger partial charge in [0.25, 0.3) is 0 Å². The van der Waals surface area contributed by atoms with Crippen LogP contribution in [0.15, 0.2) is 0 Å². The molecule has 0 bridgehead atoms. The molecule has 0 aromatic rings. The lowest BCUT2D eigenvalue weighted by molar-refractivity contribution is -0.148. The van der Waals surface area contributed by atoms with Gasteiger partial charge in [0.1, 0.15) is 0 Å². The van der Waals surface area contributed by atoms with Crippen LogP contribution in [0.5, 0.6) is 0 Å². The monoisotopic (exact) mass is 408 g/mol. The zero-order valence-electron chi connectivity index (χ0n) is 14.9. The first kappa shape index (κ1) is 22.9. The van der Waals surface area contributed by atoms with E-state index in [-0.39, 0.29) is 18.5 Å². The summed E-state index contributed by atoms with van der Waals surface area (Å²) in [6.07, 6.45) is 1.55. The third-order valence-corrected chi connectivity index (χ3v) is 10.7. The van der Waals surface area contributed by atoms with Gasteiger partial charge in [-0.2, -0.15) is 0 Å². The van der Waals surface area contributed by atoms with Gasteiger partial charge in [0.15, 0.2) is 6.29 Å². The number of esters is 1. The molecule has 11 heteroatoms. The van der Waals surface area contributed by atoms with E-state index in [0.29, 0.717) is 50.8 Å². The molecule has 1 unspecified atom stereocenters. The first-order valence-electron chi connectivity index (χ1n) is 8.59. The van der Waals surface area contributed by atoms with Gasteiger partial charge in [-0.1, -0.05) is 13.3 Å². The molecular weight excluding hydrogens is 380 g/mol. The molecule has 1 aliphatic heterocycles. The van der Waals surface area contributed by atoms with Gasteiger partial charge >= 0.3 is 14.8 Å². The van der Waals surface area contributed by atoms with Gasteiger partial charge in [-0.05, 0) is 26.2 Å². The van der Waals surface area contributed by atoms with Crippen LogP contribution < -0.4 is 0 Å². The van der Waals surface area contributed by atoms with Crippen molar-refractivity contribution in [3.05, 3.63) is 0 Å². The van der Waals surface area contributed by atoms with Crippen LogP contribution in [0.2, 0.25) is 6.04 Å². The molecule has 0 aromatic heterocycles. The van der Waals surface area contributed by atoms with Gasteiger partial charge in [-0.15, -0.1) is 0 Å². The maximum atomic E-state index is 12.0. The molecule has 1 atom stereocenters. The molecule has 1 aliphatic rings. The van der Waals surface area contributed by atoms with Crippen LogP contribution in [0.1, 0.15) is 39.5 Å². The zero-order chi connectivity index (χ0) is 18.5. The van der Waals surface area contributed by atoms with Crippen molar-refractivity contribution in [3.63, 3.8) is 0 Å². The van der Waals surface area contributed by atoms with Gasteiger partial charge < -0.3 is 32.3 Å². The summed E-state index contributed by atoms with van der Waals surface area (Å²) in [7, 11) is -1.76. The fraction of sp³-hybridized carbons (Fsp3) is 0.929. The van der Waals surface area contributed by atoms with Crippen molar-refractivity contribution in [3.8, 4) is 0 Å². The topological polar surface area (TPSA) is 104 Å². The average Bonchev–Trinajstić information content (AvgIpc) is 3.03. The van der Waals surface area contributed by atoms with Crippen molar-refractivity contribution in [2.45, 2.75) is 51.9 Å². The smallest absolute Gasteiger partial charge is 0.465 e. The summed E-state index contributed by atoms with van der Waals surface area (Å²) >= 11 is 0. The predicted molar refractivity (Wildman–Crippen MR) is 93.5 cm³/mol. The number of rotatable bonds is 14. The Hall–Kier alpha value is -0.119. The SMILES string of the molecule is CCO[Si]1(CCCOC(=O)C(C)CCCCOCC(O)O)O[Si][Si]O1. The Morgan fingerprint density at radius 1 is 1.16 bits per heavy atom. The molecule has 1 rings (SSSR count). The fourth-order valence-corrected chi connectivity index (χ4v) is 10.4. The van der Waals surface area contributed by atoms with Gasteiger partial charge in [0.2, 0.25) is 18.6 Å². The highest BCUT2D eigenvalue weighted by Crippen LogP contribution is 2.20. The molecule has 0 amide bonds. The van der Waals surface area contributed by atoms with Crippen LogP contribution in [0, 0.1) is 5.92 Å². The Morgan fingerprint density at radius 2 is 1.88 bits per heavy atom. The molecule has 0 spiro atoms. The summed E-state index contributed by atoms with van der Waals surface area (Å²) in [5, 5.41) is 17.3. The van der Waals surface area contributed by atoms with Crippen molar-refractivity contribution in [2.75, 3.05) is 26.4 Å². The van der Waals surface area contributed by atoms with Crippen LogP contribution in [-0.4, -0.2) is 76.3 Å². The van der Waals surface area contributed by atoms with E-state index in [0.717, 1.165) is 19.3 Å². The molecule has 0 saturated carbocycles. The second kappa shape index (κ2) is 13.1. The molecule has 2 N–H and O–H groups in total. The van der Waals surface area contributed by atoms with Gasteiger partial charge in [-0.25, -0.2) is 0 Å². The number of hydrogen-bond acceptors (Lipinski definition) is 8. The summed E-state index contributed by atoms with van der Waals surface area (Å²) in [6, 6.07) is 0.677. The highest BCUT2D eigenvalue weighted by Gasteiger charge is 2.44. The third-order valence-electron chi connectivity index (χ3n) is 3.54. The maximum Gasteiger partial charge on any atom is 0.479 e. The number of unbranched alkanes of at least 4 members (excludes halogenated alkanes) is 1. The van der Waals surface area contributed by atoms with Gasteiger partial charge in [0.05, 0.1) is 19.1 Å². The number of aliphatic hydroxyl groups excluding tert-OH is 1. The van der Waals surface area contributed by atoms with Crippen molar-refractivity contribution < 1.29 is 37.1 Å². The number of ether oxygens (including phenoxy) is 2. The summed E-state index contributed by atoms with van der Waals surface area (Å²) in [6.45, 7) is 5.05. The van der Waals surface area contributed by atoms with E-state index < -0.39 is 15.1 Å². The third kappa shape index (κ3) is 9.96. The minimum atomic E-state index is -2.49. The molecule has 4 radical (unpaired) electrons. The minimum absolute atomic E-state index is 0.0848. The molecule has 8 nitrogen and oxygen atoms in total. The quantitative estimate of drug-likeness (QED) is 0.182. The van der Waals surface area contributed by atoms with Crippen molar-refractivity contribution in [1.29, 1.82) is 0 Å². The maximum absolute atomic E-state index is 12.0. The van der Waals surface area contributed by atoms with Crippen molar-refractivity contribution in [1.82, 2.24) is 0 Å². The summed E-state index contributed by atoms with van der Waals surface area (Å²) < 4.78 is 27.4. The number of aliphatic hydroxyl groups is 2. The summed E-state index contributed by atoms with van der Waals surface area (Å²) in [4.78, 5) is 12.0. The first-order chi connectivity index (χ1) is 12.0. The Kier molecular flexibility index (Phi) is 12.0. The fourth-order valence-electron chi connectivity index (χ4n) is 2.24. The Balaban J connectivity index is 2.06. The lowest BCUT2D eigenvalue weighted by atomic mass is 10.0. The van der Waals surface area contributed by atoms with Crippen LogP contribution in [0.3, 0.4) is 0 Å².